The van der Waals surface area contributed by atoms with Crippen molar-refractivity contribution in [3.63, 3.8) is 0 Å². The van der Waals surface area contributed by atoms with E-state index in [4.69, 9.17) is 0 Å². The molecule has 0 atom stereocenters. The number of halogens is 3. The molecule has 0 radical (unpaired) electrons. The number of hydrogen-bond acceptors (Lipinski definition) is 1. The lowest BCUT2D eigenvalue weighted by Gasteiger charge is -2.20. The molecule has 2 aromatic rings. The Labute approximate surface area is 153 Å². The summed E-state index contributed by atoms with van der Waals surface area (Å²) in [5.74, 6) is 0. The molecule has 4 heteroatoms. The van der Waals surface area contributed by atoms with Crippen LogP contribution in [0.25, 0.3) is 0 Å². The molecule has 3 rings (SSSR count). The van der Waals surface area contributed by atoms with Gasteiger partial charge in [0.15, 0.2) is 0 Å². The summed E-state index contributed by atoms with van der Waals surface area (Å²) >= 11 is 0. The van der Waals surface area contributed by atoms with Gasteiger partial charge in [0, 0.05) is 6.54 Å². The van der Waals surface area contributed by atoms with Gasteiger partial charge in [-0.15, -0.1) is 0 Å². The maximum atomic E-state index is 13.2. The second-order valence-corrected chi connectivity index (χ2v) is 7.42. The average molecular weight is 361 g/mol. The van der Waals surface area contributed by atoms with Crippen LogP contribution < -0.4 is 0 Å². The van der Waals surface area contributed by atoms with Crippen molar-refractivity contribution in [2.24, 2.45) is 0 Å². The third-order valence-corrected chi connectivity index (χ3v) is 5.43. The summed E-state index contributed by atoms with van der Waals surface area (Å²) in [6.45, 7) is 2.00. The van der Waals surface area contributed by atoms with Crippen molar-refractivity contribution < 1.29 is 13.2 Å². The average Bonchev–Trinajstić information content (AvgIpc) is 3.43. The number of hydrogen-bond donors (Lipinski definition) is 0. The molecule has 0 saturated heterocycles. The molecule has 0 amide bonds. The summed E-state index contributed by atoms with van der Waals surface area (Å²) in [4.78, 5) is 2.31. The van der Waals surface area contributed by atoms with Gasteiger partial charge in [0.2, 0.25) is 0 Å². The summed E-state index contributed by atoms with van der Waals surface area (Å²) < 4.78 is 39.5. The topological polar surface area (TPSA) is 3.24 Å². The zero-order chi connectivity index (χ0) is 18.6. The fourth-order valence-electron chi connectivity index (χ4n) is 3.48. The highest BCUT2D eigenvalue weighted by atomic mass is 19.4. The van der Waals surface area contributed by atoms with E-state index < -0.39 is 11.6 Å². The van der Waals surface area contributed by atoms with Crippen LogP contribution in [0, 0.1) is 0 Å². The molecule has 26 heavy (non-hydrogen) atoms. The Hall–Kier alpha value is -1.81. The van der Waals surface area contributed by atoms with Crippen LogP contribution in [-0.4, -0.2) is 31.2 Å². The largest absolute Gasteiger partial charge is 0.398 e. The van der Waals surface area contributed by atoms with Gasteiger partial charge in [0.25, 0.3) is 0 Å². The number of likely N-dealkylation sites (N-methyl/N-ethyl adjacent to an activating group) is 1. The normalized spacial score (nSPS) is 16.0. The van der Waals surface area contributed by atoms with E-state index in [2.05, 4.69) is 36.2 Å². The van der Waals surface area contributed by atoms with Crippen LogP contribution in [0.5, 0.6) is 0 Å². The highest BCUT2D eigenvalue weighted by molar-refractivity contribution is 5.35. The predicted molar refractivity (Wildman–Crippen MR) is 99.4 cm³/mol. The Morgan fingerprint density at radius 1 is 0.846 bits per heavy atom. The van der Waals surface area contributed by atoms with Crippen LogP contribution in [0.4, 0.5) is 13.2 Å². The Balaban J connectivity index is 1.42. The van der Waals surface area contributed by atoms with Gasteiger partial charge in [-0.1, -0.05) is 54.6 Å². The van der Waals surface area contributed by atoms with Crippen molar-refractivity contribution in [2.75, 3.05) is 20.1 Å². The van der Waals surface area contributed by atoms with E-state index in [0.717, 1.165) is 37.9 Å². The van der Waals surface area contributed by atoms with Crippen LogP contribution in [0.2, 0.25) is 0 Å². The third kappa shape index (κ3) is 4.47. The Morgan fingerprint density at radius 3 is 2.04 bits per heavy atom. The van der Waals surface area contributed by atoms with E-state index in [-0.39, 0.29) is 12.8 Å². The Kier molecular flexibility index (Phi) is 5.71. The van der Waals surface area contributed by atoms with Gasteiger partial charge in [-0.05, 0) is 62.4 Å². The highest BCUT2D eigenvalue weighted by Gasteiger charge is 2.64. The monoisotopic (exact) mass is 361 g/mol. The maximum Gasteiger partial charge on any atom is 0.398 e. The van der Waals surface area contributed by atoms with E-state index in [1.165, 1.54) is 5.56 Å². The zero-order valence-electron chi connectivity index (χ0n) is 15.2. The second-order valence-electron chi connectivity index (χ2n) is 7.42. The number of aryl methyl sites for hydroxylation is 1. The lowest BCUT2D eigenvalue weighted by atomic mass is 9.94. The second kappa shape index (κ2) is 7.83. The van der Waals surface area contributed by atoms with Crippen molar-refractivity contribution in [1.82, 2.24) is 4.90 Å². The molecule has 0 unspecified atom stereocenters. The Morgan fingerprint density at radius 2 is 1.46 bits per heavy atom. The van der Waals surface area contributed by atoms with Gasteiger partial charge in [0.05, 0.1) is 5.41 Å². The molecule has 0 spiro atoms. The standard InChI is InChI=1S/C22H26F3N/c1-26(17-13-18-6-3-2-4-7-18)16-5-8-19-9-11-20(12-10-19)21(14-15-21)22(23,24)25/h2-4,6-7,9-12H,5,8,13-17H2,1H3. The molecule has 1 fully saturated rings. The van der Waals surface area contributed by atoms with E-state index in [1.807, 2.05) is 18.2 Å². The van der Waals surface area contributed by atoms with Crippen molar-refractivity contribution in [3.8, 4) is 0 Å². The molecule has 2 aromatic carbocycles. The number of alkyl halides is 3. The molecule has 0 heterocycles. The van der Waals surface area contributed by atoms with Crippen LogP contribution in [0.15, 0.2) is 54.6 Å². The number of nitrogens with zero attached hydrogens (tertiary/aromatic N) is 1. The lowest BCUT2D eigenvalue weighted by Crippen LogP contribution is -2.28. The molecule has 140 valence electrons. The van der Waals surface area contributed by atoms with E-state index >= 15 is 0 Å². The third-order valence-electron chi connectivity index (χ3n) is 5.43. The van der Waals surface area contributed by atoms with Gasteiger partial charge >= 0.3 is 6.18 Å². The van der Waals surface area contributed by atoms with Crippen molar-refractivity contribution in [1.29, 1.82) is 0 Å². The molecular formula is C22H26F3N. The lowest BCUT2D eigenvalue weighted by molar-refractivity contribution is -0.160. The van der Waals surface area contributed by atoms with Crippen LogP contribution in [-0.2, 0) is 18.3 Å². The summed E-state index contributed by atoms with van der Waals surface area (Å²) in [5.41, 5.74) is 1.31. The van der Waals surface area contributed by atoms with E-state index in [0.29, 0.717) is 5.56 Å². The van der Waals surface area contributed by atoms with Crippen molar-refractivity contribution >= 4 is 0 Å². The summed E-state index contributed by atoms with van der Waals surface area (Å²) in [6, 6.07) is 17.5. The molecule has 0 N–H and O–H groups in total. The fraction of sp³-hybridized carbons (Fsp3) is 0.455. The smallest absolute Gasteiger partial charge is 0.306 e. The minimum atomic E-state index is -4.13. The Bertz CT molecular complexity index is 688. The number of benzene rings is 2. The summed E-state index contributed by atoms with van der Waals surface area (Å²) in [7, 11) is 2.12. The van der Waals surface area contributed by atoms with E-state index in [1.54, 1.807) is 12.1 Å². The first kappa shape index (κ1) is 19.0. The van der Waals surface area contributed by atoms with Crippen LogP contribution in [0.1, 0.15) is 36.0 Å². The molecule has 0 bridgehead atoms. The van der Waals surface area contributed by atoms with Gasteiger partial charge in [-0.2, -0.15) is 13.2 Å². The molecule has 0 aromatic heterocycles. The summed E-state index contributed by atoms with van der Waals surface area (Å²) in [6.07, 6.45) is -0.740. The SMILES string of the molecule is CN(CCCc1ccc(C2(C(F)(F)F)CC2)cc1)CCc1ccccc1. The maximum absolute atomic E-state index is 13.2. The quantitative estimate of drug-likeness (QED) is 0.609. The first-order valence-corrected chi connectivity index (χ1v) is 9.29. The molecule has 0 aliphatic heterocycles. The zero-order valence-corrected chi connectivity index (χ0v) is 15.2. The molecular weight excluding hydrogens is 335 g/mol. The van der Waals surface area contributed by atoms with E-state index in [9.17, 15) is 13.2 Å². The van der Waals surface area contributed by atoms with Crippen molar-refractivity contribution in [2.45, 2.75) is 43.7 Å². The molecule has 1 saturated carbocycles. The van der Waals surface area contributed by atoms with Crippen LogP contribution >= 0.6 is 0 Å². The summed E-state index contributed by atoms with van der Waals surface area (Å²) in [5, 5.41) is 0. The first-order valence-electron chi connectivity index (χ1n) is 9.29. The fourth-order valence-corrected chi connectivity index (χ4v) is 3.48. The van der Waals surface area contributed by atoms with Gasteiger partial charge in [-0.3, -0.25) is 0 Å². The number of rotatable bonds is 8. The molecule has 1 nitrogen and oxygen atoms in total. The van der Waals surface area contributed by atoms with Gasteiger partial charge in [0.1, 0.15) is 0 Å². The van der Waals surface area contributed by atoms with Crippen molar-refractivity contribution in [3.05, 3.63) is 71.3 Å². The predicted octanol–water partition coefficient (Wildman–Crippen LogP) is 5.39. The molecule has 1 aliphatic carbocycles. The van der Waals surface area contributed by atoms with Gasteiger partial charge in [-0.25, -0.2) is 0 Å². The minimum Gasteiger partial charge on any atom is -0.306 e. The highest BCUT2D eigenvalue weighted by Crippen LogP contribution is 2.58. The van der Waals surface area contributed by atoms with Gasteiger partial charge < -0.3 is 4.90 Å². The molecule has 1 aliphatic rings. The van der Waals surface area contributed by atoms with Crippen LogP contribution in [0.3, 0.4) is 0 Å². The first-order chi connectivity index (χ1) is 12.4. The minimum absolute atomic E-state index is 0.224.